The molecular weight excluding hydrogens is 392 g/mol. The van der Waals surface area contributed by atoms with E-state index in [0.717, 1.165) is 78.2 Å². The Morgan fingerprint density at radius 1 is 0.839 bits per heavy atom. The summed E-state index contributed by atoms with van der Waals surface area (Å²) in [6.45, 7) is 12.7. The summed E-state index contributed by atoms with van der Waals surface area (Å²) in [6, 6.07) is 8.45. The van der Waals surface area contributed by atoms with Crippen molar-refractivity contribution < 1.29 is 14.3 Å². The van der Waals surface area contributed by atoms with E-state index in [4.69, 9.17) is 9.47 Å². The second-order valence-corrected chi connectivity index (χ2v) is 9.07. The van der Waals surface area contributed by atoms with E-state index in [1.54, 1.807) is 0 Å². The Morgan fingerprint density at radius 3 is 2.13 bits per heavy atom. The summed E-state index contributed by atoms with van der Waals surface area (Å²) in [5.74, 6) is 0.886. The number of hydrogen-bond acceptors (Lipinski definition) is 6. The molecule has 0 aliphatic carbocycles. The Morgan fingerprint density at radius 2 is 1.45 bits per heavy atom. The molecule has 1 aromatic rings. The molecule has 7 nitrogen and oxygen atoms in total. The van der Waals surface area contributed by atoms with Crippen LogP contribution in [0, 0.1) is 5.92 Å². The van der Waals surface area contributed by atoms with Crippen LogP contribution in [0.25, 0.3) is 0 Å². The summed E-state index contributed by atoms with van der Waals surface area (Å²) >= 11 is 0. The summed E-state index contributed by atoms with van der Waals surface area (Å²) in [5, 5.41) is 3.15. The third kappa shape index (κ3) is 7.26. The highest BCUT2D eigenvalue weighted by atomic mass is 16.5. The minimum Gasteiger partial charge on any atom is -0.379 e. The Hall–Kier alpha value is -1.51. The molecule has 1 amide bonds. The number of piperidine rings is 1. The molecule has 0 spiro atoms. The van der Waals surface area contributed by atoms with Crippen LogP contribution in [-0.4, -0.2) is 99.4 Å². The van der Waals surface area contributed by atoms with Crippen molar-refractivity contribution in [2.75, 3.05) is 78.8 Å². The molecule has 3 aliphatic rings. The molecule has 31 heavy (non-hydrogen) atoms. The monoisotopic (exact) mass is 430 g/mol. The van der Waals surface area contributed by atoms with Gasteiger partial charge in [-0.1, -0.05) is 24.3 Å². The first-order valence-electron chi connectivity index (χ1n) is 11.9. The Balaban J connectivity index is 1.17. The Labute approximate surface area is 186 Å². The van der Waals surface area contributed by atoms with E-state index in [9.17, 15) is 4.79 Å². The van der Waals surface area contributed by atoms with Gasteiger partial charge in [0, 0.05) is 45.8 Å². The number of amides is 1. The lowest BCUT2D eigenvalue weighted by atomic mass is 9.96. The van der Waals surface area contributed by atoms with Crippen LogP contribution in [-0.2, 0) is 27.4 Å². The largest absolute Gasteiger partial charge is 0.379 e. The van der Waals surface area contributed by atoms with Crippen LogP contribution in [0.3, 0.4) is 0 Å². The van der Waals surface area contributed by atoms with E-state index in [1.165, 1.54) is 30.5 Å². The van der Waals surface area contributed by atoms with Gasteiger partial charge in [0.15, 0.2) is 0 Å². The zero-order chi connectivity index (χ0) is 21.3. The van der Waals surface area contributed by atoms with Crippen molar-refractivity contribution >= 4 is 5.91 Å². The highest BCUT2D eigenvalue weighted by Gasteiger charge is 2.23. The van der Waals surface area contributed by atoms with Gasteiger partial charge in [-0.25, -0.2) is 0 Å². The van der Waals surface area contributed by atoms with Crippen LogP contribution in [0.2, 0.25) is 0 Å². The summed E-state index contributed by atoms with van der Waals surface area (Å²) in [4.78, 5) is 19.8. The smallest absolute Gasteiger partial charge is 0.234 e. The van der Waals surface area contributed by atoms with E-state index in [1.807, 2.05) is 0 Å². The predicted molar refractivity (Wildman–Crippen MR) is 121 cm³/mol. The molecular formula is C24H38N4O3. The highest BCUT2D eigenvalue weighted by Crippen LogP contribution is 2.19. The normalized spacial score (nSPS) is 22.5. The molecule has 0 aromatic heterocycles. The van der Waals surface area contributed by atoms with Gasteiger partial charge >= 0.3 is 0 Å². The van der Waals surface area contributed by atoms with Gasteiger partial charge in [0.2, 0.25) is 5.91 Å². The van der Waals surface area contributed by atoms with Gasteiger partial charge in [-0.3, -0.25) is 19.5 Å². The molecule has 0 radical (unpaired) electrons. The maximum Gasteiger partial charge on any atom is 0.234 e. The van der Waals surface area contributed by atoms with E-state index < -0.39 is 0 Å². The minimum absolute atomic E-state index is 0.132. The summed E-state index contributed by atoms with van der Waals surface area (Å²) in [7, 11) is 0. The molecule has 1 aromatic carbocycles. The van der Waals surface area contributed by atoms with Gasteiger partial charge < -0.3 is 14.8 Å². The number of rotatable bonds is 8. The third-order valence-corrected chi connectivity index (χ3v) is 6.79. The number of ether oxygens (including phenoxy) is 2. The molecule has 3 saturated heterocycles. The van der Waals surface area contributed by atoms with Crippen LogP contribution in [0.5, 0.6) is 0 Å². The van der Waals surface area contributed by atoms with Gasteiger partial charge in [-0.2, -0.15) is 0 Å². The van der Waals surface area contributed by atoms with Crippen molar-refractivity contribution in [2.24, 2.45) is 5.92 Å². The topological polar surface area (TPSA) is 57.3 Å². The molecule has 3 aliphatic heterocycles. The average molecular weight is 431 g/mol. The lowest BCUT2D eigenvalue weighted by Gasteiger charge is -2.35. The number of hydrogen-bond donors (Lipinski definition) is 1. The van der Waals surface area contributed by atoms with E-state index >= 15 is 0 Å². The van der Waals surface area contributed by atoms with Crippen LogP contribution < -0.4 is 5.32 Å². The van der Waals surface area contributed by atoms with Crippen LogP contribution in [0.4, 0.5) is 0 Å². The molecule has 0 atom stereocenters. The van der Waals surface area contributed by atoms with Gasteiger partial charge in [0.1, 0.15) is 0 Å². The molecule has 1 N–H and O–H groups in total. The number of carbonyl (C=O) groups excluding carboxylic acids is 1. The summed E-state index contributed by atoms with van der Waals surface area (Å²) in [5.41, 5.74) is 2.51. The Kier molecular flexibility index (Phi) is 8.72. The fraction of sp³-hybridized carbons (Fsp3) is 0.708. The molecule has 3 fully saturated rings. The van der Waals surface area contributed by atoms with Gasteiger partial charge in [0.25, 0.3) is 0 Å². The number of carbonyl (C=O) groups is 1. The standard InChI is InChI=1S/C24H38N4O3/c29-24(20-26-7-5-21(6-8-26)18-27-9-13-30-14-10-27)25-17-22-3-1-2-4-23(22)19-28-11-15-31-16-12-28/h1-4,21H,5-20H2,(H,25,29). The van der Waals surface area contributed by atoms with Gasteiger partial charge in [-0.05, 0) is 43.0 Å². The van der Waals surface area contributed by atoms with E-state index in [0.29, 0.717) is 13.1 Å². The molecule has 4 rings (SSSR count). The first-order chi connectivity index (χ1) is 15.3. The zero-order valence-electron chi connectivity index (χ0n) is 18.8. The van der Waals surface area contributed by atoms with E-state index in [-0.39, 0.29) is 5.91 Å². The number of morpholine rings is 2. The van der Waals surface area contributed by atoms with Crippen LogP contribution >= 0.6 is 0 Å². The molecule has 7 heteroatoms. The van der Waals surface area contributed by atoms with Crippen molar-refractivity contribution in [1.29, 1.82) is 0 Å². The molecule has 3 heterocycles. The van der Waals surface area contributed by atoms with Crippen LogP contribution in [0.15, 0.2) is 24.3 Å². The van der Waals surface area contributed by atoms with Crippen molar-refractivity contribution in [3.63, 3.8) is 0 Å². The predicted octanol–water partition coefficient (Wildman–Crippen LogP) is 1.18. The zero-order valence-corrected chi connectivity index (χ0v) is 18.8. The molecule has 172 valence electrons. The van der Waals surface area contributed by atoms with Crippen molar-refractivity contribution in [3.8, 4) is 0 Å². The number of nitrogens with zero attached hydrogens (tertiary/aromatic N) is 3. The lowest BCUT2D eigenvalue weighted by molar-refractivity contribution is -0.122. The van der Waals surface area contributed by atoms with Gasteiger partial charge in [-0.15, -0.1) is 0 Å². The Bertz CT molecular complexity index is 681. The molecule has 0 unspecified atom stereocenters. The quantitative estimate of drug-likeness (QED) is 0.669. The average Bonchev–Trinajstić information content (AvgIpc) is 2.81. The SMILES string of the molecule is O=C(CN1CCC(CN2CCOCC2)CC1)NCc1ccccc1CN1CCOCC1. The molecule has 0 saturated carbocycles. The van der Waals surface area contributed by atoms with Crippen molar-refractivity contribution in [3.05, 3.63) is 35.4 Å². The van der Waals surface area contributed by atoms with E-state index in [2.05, 4.69) is 44.3 Å². The number of nitrogens with one attached hydrogen (secondary N) is 1. The highest BCUT2D eigenvalue weighted by molar-refractivity contribution is 5.78. The van der Waals surface area contributed by atoms with Crippen LogP contribution in [0.1, 0.15) is 24.0 Å². The fourth-order valence-electron chi connectivity index (χ4n) is 4.81. The summed E-state index contributed by atoms with van der Waals surface area (Å²) in [6.07, 6.45) is 2.38. The fourth-order valence-corrected chi connectivity index (χ4v) is 4.81. The molecule has 0 bridgehead atoms. The number of benzene rings is 1. The number of likely N-dealkylation sites (tertiary alicyclic amines) is 1. The van der Waals surface area contributed by atoms with Crippen molar-refractivity contribution in [2.45, 2.75) is 25.9 Å². The maximum atomic E-state index is 12.6. The van der Waals surface area contributed by atoms with Gasteiger partial charge in [0.05, 0.1) is 33.0 Å². The first-order valence-corrected chi connectivity index (χ1v) is 11.9. The van der Waals surface area contributed by atoms with Crippen molar-refractivity contribution in [1.82, 2.24) is 20.0 Å². The third-order valence-electron chi connectivity index (χ3n) is 6.79. The second kappa shape index (κ2) is 11.9. The minimum atomic E-state index is 0.132. The lowest BCUT2D eigenvalue weighted by Crippen LogP contribution is -2.45. The second-order valence-electron chi connectivity index (χ2n) is 9.07. The summed E-state index contributed by atoms with van der Waals surface area (Å²) < 4.78 is 10.9. The maximum absolute atomic E-state index is 12.6. The first kappa shape index (κ1) is 22.7.